The third kappa shape index (κ3) is 2.61. The molecule has 118 valence electrons. The predicted octanol–water partition coefficient (Wildman–Crippen LogP) is 3.21. The zero-order valence-electron chi connectivity index (χ0n) is 13.2. The molecule has 0 aliphatic carbocycles. The van der Waals surface area contributed by atoms with Crippen molar-refractivity contribution < 1.29 is 19.0 Å². The Morgan fingerprint density at radius 2 is 1.57 bits per heavy atom. The molecule has 0 radical (unpaired) electrons. The van der Waals surface area contributed by atoms with Gasteiger partial charge in [0.1, 0.15) is 5.75 Å². The van der Waals surface area contributed by atoms with Crippen LogP contribution in [0.5, 0.6) is 17.2 Å². The van der Waals surface area contributed by atoms with Crippen molar-refractivity contribution in [1.82, 2.24) is 0 Å². The average molecular weight is 311 g/mol. The zero-order valence-corrected chi connectivity index (χ0v) is 13.2. The molecule has 23 heavy (non-hydrogen) atoms. The minimum Gasteiger partial charge on any atom is -0.496 e. The van der Waals surface area contributed by atoms with Crippen LogP contribution in [0.3, 0.4) is 0 Å². The van der Waals surface area contributed by atoms with E-state index in [0.29, 0.717) is 22.8 Å². The second kappa shape index (κ2) is 6.04. The van der Waals surface area contributed by atoms with Gasteiger partial charge in [-0.05, 0) is 18.2 Å². The van der Waals surface area contributed by atoms with Gasteiger partial charge in [-0.25, -0.2) is 0 Å². The Morgan fingerprint density at radius 1 is 0.913 bits per heavy atom. The van der Waals surface area contributed by atoms with Gasteiger partial charge in [-0.2, -0.15) is 0 Å². The number of carbonyl (C=O) groups is 1. The maximum absolute atomic E-state index is 12.2. The summed E-state index contributed by atoms with van der Waals surface area (Å²) in [5, 5.41) is 2.85. The fourth-order valence-corrected chi connectivity index (χ4v) is 2.60. The Bertz CT molecular complexity index is 796. The maximum atomic E-state index is 12.2. The number of benzene rings is 2. The summed E-state index contributed by atoms with van der Waals surface area (Å²) < 4.78 is 16.0. The van der Waals surface area contributed by atoms with Crippen LogP contribution in [-0.4, -0.2) is 27.2 Å². The number of methoxy groups -OCH3 is 3. The number of rotatable bonds is 4. The average Bonchev–Trinajstić information content (AvgIpc) is 2.90. The van der Waals surface area contributed by atoms with E-state index in [1.807, 2.05) is 24.3 Å². The quantitative estimate of drug-likeness (QED) is 0.881. The van der Waals surface area contributed by atoms with E-state index in [9.17, 15) is 4.79 Å². The smallest absolute Gasteiger partial charge is 0.256 e. The van der Waals surface area contributed by atoms with Crippen LogP contribution in [0.25, 0.3) is 11.6 Å². The van der Waals surface area contributed by atoms with Crippen LogP contribution < -0.4 is 19.5 Å². The molecule has 0 atom stereocenters. The highest BCUT2D eigenvalue weighted by atomic mass is 16.5. The highest BCUT2D eigenvalue weighted by molar-refractivity contribution is 6.35. The first-order valence-corrected chi connectivity index (χ1v) is 7.10. The number of ether oxygens (including phenoxy) is 3. The minimum absolute atomic E-state index is 0.136. The number of nitrogens with one attached hydrogen (secondary N) is 1. The normalized spacial score (nSPS) is 14.4. The van der Waals surface area contributed by atoms with E-state index in [1.165, 1.54) is 0 Å². The highest BCUT2D eigenvalue weighted by Gasteiger charge is 2.24. The molecule has 0 unspecified atom stereocenters. The summed E-state index contributed by atoms with van der Waals surface area (Å²) >= 11 is 0. The van der Waals surface area contributed by atoms with Gasteiger partial charge in [-0.3, -0.25) is 4.79 Å². The van der Waals surface area contributed by atoms with Crippen molar-refractivity contribution in [2.24, 2.45) is 0 Å². The number of hydrogen-bond acceptors (Lipinski definition) is 4. The number of para-hydroxylation sites is 1. The van der Waals surface area contributed by atoms with E-state index in [4.69, 9.17) is 14.2 Å². The van der Waals surface area contributed by atoms with Crippen molar-refractivity contribution in [2.75, 3.05) is 26.6 Å². The van der Waals surface area contributed by atoms with Crippen molar-refractivity contribution in [1.29, 1.82) is 0 Å². The standard InChI is InChI=1S/C18H17NO4/c1-21-15-10-17(23-3)16(22-2)9-11(15)8-13-12-6-4-5-7-14(12)19-18(13)20/h4-10H,1-3H3,(H,19,20). The molecule has 0 spiro atoms. The molecule has 0 saturated heterocycles. The van der Waals surface area contributed by atoms with Gasteiger partial charge in [0.15, 0.2) is 11.5 Å². The van der Waals surface area contributed by atoms with Gasteiger partial charge in [0.2, 0.25) is 0 Å². The molecule has 2 aromatic carbocycles. The first-order valence-electron chi connectivity index (χ1n) is 7.10. The van der Waals surface area contributed by atoms with Gasteiger partial charge >= 0.3 is 0 Å². The summed E-state index contributed by atoms with van der Waals surface area (Å²) in [6.07, 6.45) is 1.79. The molecule has 0 bridgehead atoms. The van der Waals surface area contributed by atoms with Crippen LogP contribution in [0.1, 0.15) is 11.1 Å². The van der Waals surface area contributed by atoms with E-state index in [2.05, 4.69) is 5.32 Å². The molecule has 1 heterocycles. The van der Waals surface area contributed by atoms with Crippen molar-refractivity contribution in [3.8, 4) is 17.2 Å². The Morgan fingerprint density at radius 3 is 2.26 bits per heavy atom. The number of carbonyl (C=O) groups excluding carboxylic acids is 1. The fourth-order valence-electron chi connectivity index (χ4n) is 2.60. The molecule has 1 amide bonds. The van der Waals surface area contributed by atoms with E-state index in [0.717, 1.165) is 16.8 Å². The van der Waals surface area contributed by atoms with Gasteiger partial charge in [0, 0.05) is 28.5 Å². The Labute approximate surface area is 134 Å². The van der Waals surface area contributed by atoms with Crippen LogP contribution >= 0.6 is 0 Å². The molecular formula is C18H17NO4. The van der Waals surface area contributed by atoms with Gasteiger partial charge < -0.3 is 19.5 Å². The molecule has 0 saturated carbocycles. The van der Waals surface area contributed by atoms with Gasteiger partial charge in [-0.15, -0.1) is 0 Å². The molecule has 5 nitrogen and oxygen atoms in total. The number of fused-ring (bicyclic) bond motifs is 1. The summed E-state index contributed by atoms with van der Waals surface area (Å²) in [6, 6.07) is 11.1. The summed E-state index contributed by atoms with van der Waals surface area (Å²) in [7, 11) is 4.71. The Balaban J connectivity index is 2.14. The lowest BCUT2D eigenvalue weighted by Crippen LogP contribution is -2.03. The SMILES string of the molecule is COc1cc(OC)c(OC)cc1C=C1C(=O)Nc2ccccc21. The summed E-state index contributed by atoms with van der Waals surface area (Å²) in [5.41, 5.74) is 3.01. The minimum atomic E-state index is -0.136. The molecule has 1 aliphatic heterocycles. The van der Waals surface area contributed by atoms with Crippen LogP contribution in [-0.2, 0) is 4.79 Å². The number of hydrogen-bond donors (Lipinski definition) is 1. The maximum Gasteiger partial charge on any atom is 0.256 e. The molecule has 0 fully saturated rings. The number of anilines is 1. The predicted molar refractivity (Wildman–Crippen MR) is 89.0 cm³/mol. The van der Waals surface area contributed by atoms with Crippen molar-refractivity contribution in [3.63, 3.8) is 0 Å². The van der Waals surface area contributed by atoms with Crippen molar-refractivity contribution in [2.45, 2.75) is 0 Å². The monoisotopic (exact) mass is 311 g/mol. The fraction of sp³-hybridized carbons (Fsp3) is 0.167. The summed E-state index contributed by atoms with van der Waals surface area (Å²) in [4.78, 5) is 12.2. The molecule has 0 aromatic heterocycles. The lowest BCUT2D eigenvalue weighted by Gasteiger charge is -2.12. The van der Waals surface area contributed by atoms with E-state index in [1.54, 1.807) is 39.5 Å². The van der Waals surface area contributed by atoms with Crippen molar-refractivity contribution >= 4 is 23.2 Å². The van der Waals surface area contributed by atoms with E-state index in [-0.39, 0.29) is 5.91 Å². The zero-order chi connectivity index (χ0) is 16.4. The molecule has 2 aromatic rings. The number of amides is 1. The van der Waals surface area contributed by atoms with Crippen molar-refractivity contribution in [3.05, 3.63) is 47.5 Å². The van der Waals surface area contributed by atoms with E-state index >= 15 is 0 Å². The summed E-state index contributed by atoms with van der Waals surface area (Å²) in [6.45, 7) is 0. The van der Waals surface area contributed by atoms with Crippen LogP contribution in [0, 0.1) is 0 Å². The molecule has 1 aliphatic rings. The first kappa shape index (κ1) is 15.0. The largest absolute Gasteiger partial charge is 0.496 e. The second-order valence-corrected chi connectivity index (χ2v) is 5.01. The van der Waals surface area contributed by atoms with Crippen LogP contribution in [0.15, 0.2) is 36.4 Å². The van der Waals surface area contributed by atoms with E-state index < -0.39 is 0 Å². The molecule has 3 rings (SSSR count). The van der Waals surface area contributed by atoms with Gasteiger partial charge in [-0.1, -0.05) is 18.2 Å². The topological polar surface area (TPSA) is 56.8 Å². The Hall–Kier alpha value is -2.95. The third-order valence-electron chi connectivity index (χ3n) is 3.75. The lowest BCUT2D eigenvalue weighted by molar-refractivity contribution is -0.110. The molecule has 5 heteroatoms. The third-order valence-corrected chi connectivity index (χ3v) is 3.75. The van der Waals surface area contributed by atoms with Crippen LogP contribution in [0.2, 0.25) is 0 Å². The van der Waals surface area contributed by atoms with Gasteiger partial charge in [0.25, 0.3) is 5.91 Å². The molecular weight excluding hydrogens is 294 g/mol. The highest BCUT2D eigenvalue weighted by Crippen LogP contribution is 2.38. The van der Waals surface area contributed by atoms with Crippen LogP contribution in [0.4, 0.5) is 5.69 Å². The second-order valence-electron chi connectivity index (χ2n) is 5.01. The summed E-state index contributed by atoms with van der Waals surface area (Å²) in [5.74, 6) is 1.62. The Kier molecular flexibility index (Phi) is 3.93. The molecule has 1 N–H and O–H groups in total. The lowest BCUT2D eigenvalue weighted by atomic mass is 10.0. The van der Waals surface area contributed by atoms with Gasteiger partial charge in [0.05, 0.1) is 21.3 Å². The first-order chi connectivity index (χ1) is 11.2.